The van der Waals surface area contributed by atoms with Crippen molar-refractivity contribution in [3.8, 4) is 5.75 Å². The molecule has 0 spiro atoms. The number of carboxylic acids is 1. The predicted molar refractivity (Wildman–Crippen MR) is 84.0 cm³/mol. The quantitative estimate of drug-likeness (QED) is 0.873. The molecule has 1 aromatic carbocycles. The Morgan fingerprint density at radius 1 is 1.14 bits per heavy atom. The Morgan fingerprint density at radius 3 is 2.50 bits per heavy atom. The molecular weight excluding hydrogens is 282 g/mol. The maximum Gasteiger partial charge on any atom is 0.341 e. The fourth-order valence-electron chi connectivity index (χ4n) is 2.77. The fourth-order valence-corrected chi connectivity index (χ4v) is 2.77. The first kappa shape index (κ1) is 16.3. The van der Waals surface area contributed by atoms with E-state index in [1.54, 1.807) is 24.3 Å². The Labute approximate surface area is 130 Å². The predicted octanol–water partition coefficient (Wildman–Crippen LogP) is 3.45. The molecule has 0 aliphatic heterocycles. The van der Waals surface area contributed by atoms with Gasteiger partial charge >= 0.3 is 5.97 Å². The summed E-state index contributed by atoms with van der Waals surface area (Å²) >= 11 is 0. The minimum Gasteiger partial charge on any atom is -0.482 e. The second-order valence-electron chi connectivity index (χ2n) is 5.74. The molecule has 5 nitrogen and oxygen atoms in total. The van der Waals surface area contributed by atoms with E-state index in [-0.39, 0.29) is 18.4 Å². The molecule has 2 rings (SSSR count). The molecule has 1 amide bonds. The van der Waals surface area contributed by atoms with Crippen LogP contribution in [0.15, 0.2) is 24.3 Å². The van der Waals surface area contributed by atoms with Crippen LogP contribution >= 0.6 is 0 Å². The molecule has 5 heteroatoms. The number of benzene rings is 1. The molecular formula is C17H23NO4. The number of anilines is 1. The Morgan fingerprint density at radius 2 is 1.82 bits per heavy atom. The Balaban J connectivity index is 1.92. The van der Waals surface area contributed by atoms with Crippen molar-refractivity contribution >= 4 is 17.6 Å². The number of hydrogen-bond donors (Lipinski definition) is 2. The van der Waals surface area contributed by atoms with Gasteiger partial charge < -0.3 is 15.2 Å². The van der Waals surface area contributed by atoms with Crippen molar-refractivity contribution in [3.63, 3.8) is 0 Å². The minimum atomic E-state index is -1.02. The van der Waals surface area contributed by atoms with Crippen LogP contribution in [0, 0.1) is 5.92 Å². The Bertz CT molecular complexity index is 507. The number of carboxylic acid groups (broad SMARTS) is 1. The maximum absolute atomic E-state index is 12.4. The first-order valence-corrected chi connectivity index (χ1v) is 7.90. The second-order valence-corrected chi connectivity index (χ2v) is 5.74. The molecule has 2 N–H and O–H groups in total. The van der Waals surface area contributed by atoms with Crippen LogP contribution in [0.2, 0.25) is 0 Å². The van der Waals surface area contributed by atoms with Crippen LogP contribution in [0.4, 0.5) is 5.69 Å². The lowest BCUT2D eigenvalue weighted by Crippen LogP contribution is -2.23. The lowest BCUT2D eigenvalue weighted by Gasteiger charge is -2.19. The first-order valence-electron chi connectivity index (χ1n) is 7.90. The van der Waals surface area contributed by atoms with Crippen molar-refractivity contribution < 1.29 is 19.4 Å². The zero-order valence-corrected chi connectivity index (χ0v) is 12.7. The summed E-state index contributed by atoms with van der Waals surface area (Å²) in [5.41, 5.74) is 0.648. The Kier molecular flexibility index (Phi) is 6.25. The van der Waals surface area contributed by atoms with Gasteiger partial charge in [-0.05, 0) is 25.0 Å². The third-order valence-electron chi connectivity index (χ3n) is 3.94. The van der Waals surface area contributed by atoms with E-state index in [0.29, 0.717) is 11.4 Å². The van der Waals surface area contributed by atoms with E-state index in [4.69, 9.17) is 9.84 Å². The summed E-state index contributed by atoms with van der Waals surface area (Å²) in [5, 5.41) is 11.5. The molecule has 0 bridgehead atoms. The molecule has 0 unspecified atom stereocenters. The van der Waals surface area contributed by atoms with Gasteiger partial charge in [-0.3, -0.25) is 4.79 Å². The summed E-state index contributed by atoms with van der Waals surface area (Å²) < 4.78 is 5.12. The molecule has 1 saturated carbocycles. The number of rotatable bonds is 5. The van der Waals surface area contributed by atoms with Crippen LogP contribution in [-0.4, -0.2) is 23.6 Å². The van der Waals surface area contributed by atoms with E-state index < -0.39 is 5.97 Å². The summed E-state index contributed by atoms with van der Waals surface area (Å²) in [6.07, 6.45) is 7.81. The van der Waals surface area contributed by atoms with Crippen molar-refractivity contribution in [3.05, 3.63) is 24.3 Å². The summed E-state index contributed by atoms with van der Waals surface area (Å²) in [6.45, 7) is -0.389. The van der Waals surface area contributed by atoms with E-state index in [1.807, 2.05) is 0 Å². The standard InChI is InChI=1S/C17H23NO4/c19-16(20)12-22-15-10-6-9-14(11-15)18-17(21)13-7-4-2-1-3-5-8-13/h6,9-11,13H,1-5,7-8,12H2,(H,18,21)(H,19,20). The summed E-state index contributed by atoms with van der Waals surface area (Å²) in [5.74, 6) is -0.456. The average Bonchev–Trinajstić information content (AvgIpc) is 2.45. The lowest BCUT2D eigenvalue weighted by atomic mass is 9.90. The van der Waals surface area contributed by atoms with Crippen LogP contribution in [0.1, 0.15) is 44.9 Å². The lowest BCUT2D eigenvalue weighted by molar-refractivity contribution is -0.139. The third-order valence-corrected chi connectivity index (χ3v) is 3.94. The molecule has 1 fully saturated rings. The number of aliphatic carboxylic acids is 1. The molecule has 120 valence electrons. The normalized spacial score (nSPS) is 16.4. The van der Waals surface area contributed by atoms with Crippen molar-refractivity contribution in [1.29, 1.82) is 0 Å². The molecule has 0 atom stereocenters. The number of carbonyl (C=O) groups excluding carboxylic acids is 1. The van der Waals surface area contributed by atoms with Crippen LogP contribution < -0.4 is 10.1 Å². The van der Waals surface area contributed by atoms with Gasteiger partial charge in [0.2, 0.25) is 5.91 Å². The van der Waals surface area contributed by atoms with Crippen molar-refractivity contribution in [1.82, 2.24) is 0 Å². The smallest absolute Gasteiger partial charge is 0.341 e. The van der Waals surface area contributed by atoms with Crippen molar-refractivity contribution in [2.75, 3.05) is 11.9 Å². The number of ether oxygens (including phenoxy) is 1. The zero-order chi connectivity index (χ0) is 15.8. The van der Waals surface area contributed by atoms with Gasteiger partial charge in [0.05, 0.1) is 0 Å². The topological polar surface area (TPSA) is 75.6 Å². The SMILES string of the molecule is O=C(O)COc1cccc(NC(=O)C2CCCCCCC2)c1. The van der Waals surface area contributed by atoms with Crippen LogP contribution in [0.5, 0.6) is 5.75 Å². The third kappa shape index (κ3) is 5.39. The number of nitrogens with one attached hydrogen (secondary N) is 1. The van der Waals surface area contributed by atoms with Gasteiger partial charge in [-0.2, -0.15) is 0 Å². The number of amides is 1. The highest BCUT2D eigenvalue weighted by Gasteiger charge is 2.19. The van der Waals surface area contributed by atoms with Crippen molar-refractivity contribution in [2.24, 2.45) is 5.92 Å². The maximum atomic E-state index is 12.4. The highest BCUT2D eigenvalue weighted by atomic mass is 16.5. The van der Waals surface area contributed by atoms with E-state index in [9.17, 15) is 9.59 Å². The van der Waals surface area contributed by atoms with E-state index >= 15 is 0 Å². The molecule has 0 radical (unpaired) electrons. The second kappa shape index (κ2) is 8.41. The van der Waals surface area contributed by atoms with Crippen molar-refractivity contribution in [2.45, 2.75) is 44.9 Å². The fraction of sp³-hybridized carbons (Fsp3) is 0.529. The summed E-state index contributed by atoms with van der Waals surface area (Å²) in [6, 6.07) is 6.86. The minimum absolute atomic E-state index is 0.0530. The zero-order valence-electron chi connectivity index (χ0n) is 12.7. The largest absolute Gasteiger partial charge is 0.482 e. The number of hydrogen-bond acceptors (Lipinski definition) is 3. The van der Waals surface area contributed by atoms with Gasteiger partial charge in [0.15, 0.2) is 6.61 Å². The highest BCUT2D eigenvalue weighted by molar-refractivity contribution is 5.92. The van der Waals surface area contributed by atoms with E-state index in [2.05, 4.69) is 5.32 Å². The van der Waals surface area contributed by atoms with Gasteiger partial charge in [-0.15, -0.1) is 0 Å². The molecule has 0 heterocycles. The van der Waals surface area contributed by atoms with Gasteiger partial charge in [0.25, 0.3) is 0 Å². The van der Waals surface area contributed by atoms with Gasteiger partial charge in [-0.1, -0.05) is 38.2 Å². The molecule has 1 aliphatic carbocycles. The van der Waals surface area contributed by atoms with E-state index in [1.165, 1.54) is 19.3 Å². The molecule has 1 aromatic rings. The van der Waals surface area contributed by atoms with Crippen LogP contribution in [0.25, 0.3) is 0 Å². The molecule has 0 saturated heterocycles. The van der Waals surface area contributed by atoms with Gasteiger partial charge in [0.1, 0.15) is 5.75 Å². The average molecular weight is 305 g/mol. The van der Waals surface area contributed by atoms with Crippen LogP contribution in [-0.2, 0) is 9.59 Å². The summed E-state index contributed by atoms with van der Waals surface area (Å²) in [4.78, 5) is 22.9. The summed E-state index contributed by atoms with van der Waals surface area (Å²) in [7, 11) is 0. The molecule has 1 aliphatic rings. The molecule has 22 heavy (non-hydrogen) atoms. The van der Waals surface area contributed by atoms with E-state index in [0.717, 1.165) is 25.7 Å². The monoisotopic (exact) mass is 305 g/mol. The highest BCUT2D eigenvalue weighted by Crippen LogP contribution is 2.24. The first-order chi connectivity index (χ1) is 10.6. The number of carbonyl (C=O) groups is 2. The Hall–Kier alpha value is -2.04. The van der Waals surface area contributed by atoms with Gasteiger partial charge in [0, 0.05) is 17.7 Å². The van der Waals surface area contributed by atoms with Gasteiger partial charge in [-0.25, -0.2) is 4.79 Å². The van der Waals surface area contributed by atoms with Crippen LogP contribution in [0.3, 0.4) is 0 Å². The molecule has 0 aromatic heterocycles.